The maximum atomic E-state index is 12.6. The van der Waals surface area contributed by atoms with Crippen LogP contribution in [-0.4, -0.2) is 34.7 Å². The first-order chi connectivity index (χ1) is 14.9. The third-order valence-electron chi connectivity index (χ3n) is 5.25. The number of alkyl halides is 1. The second-order valence-electron chi connectivity index (χ2n) is 8.10. The molecule has 0 saturated heterocycles. The summed E-state index contributed by atoms with van der Waals surface area (Å²) in [6, 6.07) is 1.46. The van der Waals surface area contributed by atoms with Crippen molar-refractivity contribution < 1.29 is 14.3 Å². The van der Waals surface area contributed by atoms with E-state index in [0.29, 0.717) is 12.4 Å². The van der Waals surface area contributed by atoms with E-state index in [1.165, 1.54) is 11.6 Å². The molecule has 0 spiro atoms. The van der Waals surface area contributed by atoms with Gasteiger partial charge in [0.15, 0.2) is 5.43 Å². The zero-order valence-electron chi connectivity index (χ0n) is 18.4. The summed E-state index contributed by atoms with van der Waals surface area (Å²) in [5.74, 6) is 0.0311. The van der Waals surface area contributed by atoms with Crippen molar-refractivity contribution in [2.75, 3.05) is 11.9 Å². The van der Waals surface area contributed by atoms with E-state index >= 15 is 0 Å². The Bertz CT molecular complexity index is 945. The molecule has 168 valence electrons. The van der Waals surface area contributed by atoms with Crippen LogP contribution < -0.4 is 10.7 Å². The van der Waals surface area contributed by atoms with Gasteiger partial charge >= 0.3 is 5.97 Å². The molecule has 1 N–H and O–H groups in total. The molecule has 1 heterocycles. The third kappa shape index (κ3) is 6.34. The second-order valence-corrected chi connectivity index (χ2v) is 8.60. The summed E-state index contributed by atoms with van der Waals surface area (Å²) in [6.07, 6.45) is 13.4. The Morgan fingerprint density at radius 2 is 2.16 bits per heavy atom. The Hall–Kier alpha value is -2.31. The summed E-state index contributed by atoms with van der Waals surface area (Å²) in [7, 11) is 0. The van der Waals surface area contributed by atoms with Crippen LogP contribution in [-0.2, 0) is 16.0 Å². The summed E-state index contributed by atoms with van der Waals surface area (Å²) in [5.41, 5.74) is 1.84. The molecule has 0 saturated carbocycles. The number of carbonyl (C=O) groups excluding carboxylic acids is 1. The summed E-state index contributed by atoms with van der Waals surface area (Å²) in [5, 5.41) is 3.12. The Kier molecular flexibility index (Phi) is 8.15. The number of anilines is 1. The van der Waals surface area contributed by atoms with Gasteiger partial charge in [0, 0.05) is 24.5 Å². The lowest BCUT2D eigenvalue weighted by Gasteiger charge is -2.29. The predicted molar refractivity (Wildman–Crippen MR) is 124 cm³/mol. The fourth-order valence-corrected chi connectivity index (χ4v) is 4.12. The van der Waals surface area contributed by atoms with Crippen molar-refractivity contribution >= 4 is 23.4 Å². The first-order valence-electron chi connectivity index (χ1n) is 10.9. The van der Waals surface area contributed by atoms with Gasteiger partial charge in [-0.05, 0) is 52.5 Å². The van der Waals surface area contributed by atoms with Gasteiger partial charge in [-0.15, -0.1) is 11.6 Å². The van der Waals surface area contributed by atoms with E-state index in [4.69, 9.17) is 21.1 Å². The standard InChI is InChI=1S/C24H31ClN2O4/c1-4-30-24(29)19-15-27(14-17-8-6-5-7-9-17)23(13-21(19)28)26-18-10-11-22(20(25)12-18)31-16(2)3/h5-6,8,12-13,15-16,20,22,26H,4,7,9-11,14H2,1-3H3. The molecule has 1 aromatic rings. The number of esters is 1. The highest BCUT2D eigenvalue weighted by molar-refractivity contribution is 6.22. The van der Waals surface area contributed by atoms with Crippen molar-refractivity contribution in [1.82, 2.24) is 4.57 Å². The summed E-state index contributed by atoms with van der Waals surface area (Å²) in [6.45, 7) is 6.52. The van der Waals surface area contributed by atoms with Gasteiger partial charge in [0.05, 0.1) is 24.2 Å². The number of pyridine rings is 1. The Labute approximate surface area is 188 Å². The second kappa shape index (κ2) is 10.8. The highest BCUT2D eigenvalue weighted by Crippen LogP contribution is 2.27. The number of hydrogen-bond donors (Lipinski definition) is 1. The van der Waals surface area contributed by atoms with Crippen molar-refractivity contribution in [2.45, 2.75) is 70.6 Å². The highest BCUT2D eigenvalue weighted by Gasteiger charge is 2.25. The molecule has 31 heavy (non-hydrogen) atoms. The van der Waals surface area contributed by atoms with Crippen LogP contribution in [0.15, 0.2) is 52.6 Å². The molecule has 7 heteroatoms. The van der Waals surface area contributed by atoms with Crippen molar-refractivity contribution in [2.24, 2.45) is 0 Å². The van der Waals surface area contributed by atoms with E-state index in [-0.39, 0.29) is 35.2 Å². The van der Waals surface area contributed by atoms with Crippen LogP contribution in [0.2, 0.25) is 0 Å². The molecular formula is C24H31ClN2O4. The highest BCUT2D eigenvalue weighted by atomic mass is 35.5. The molecule has 3 rings (SSSR count). The maximum Gasteiger partial charge on any atom is 0.343 e. The van der Waals surface area contributed by atoms with Gasteiger partial charge in [-0.25, -0.2) is 4.79 Å². The Morgan fingerprint density at radius 3 is 2.81 bits per heavy atom. The molecule has 6 nitrogen and oxygen atoms in total. The number of rotatable bonds is 8. The molecular weight excluding hydrogens is 416 g/mol. The molecule has 2 unspecified atom stereocenters. The molecule has 0 radical (unpaired) electrons. The lowest BCUT2D eigenvalue weighted by molar-refractivity contribution is 0.00497. The topological polar surface area (TPSA) is 69.6 Å². The summed E-state index contributed by atoms with van der Waals surface area (Å²) < 4.78 is 12.8. The predicted octanol–water partition coefficient (Wildman–Crippen LogP) is 4.79. The number of allylic oxidation sites excluding steroid dienone is 5. The van der Waals surface area contributed by atoms with Crippen molar-refractivity contribution in [1.29, 1.82) is 0 Å². The third-order valence-corrected chi connectivity index (χ3v) is 5.65. The molecule has 2 aliphatic rings. The van der Waals surface area contributed by atoms with Gasteiger partial charge in [0.2, 0.25) is 0 Å². The van der Waals surface area contributed by atoms with Crippen LogP contribution in [0.5, 0.6) is 0 Å². The Balaban J connectivity index is 1.88. The molecule has 0 fully saturated rings. The molecule has 0 bridgehead atoms. The smallest absolute Gasteiger partial charge is 0.343 e. The van der Waals surface area contributed by atoms with Gasteiger partial charge in [-0.3, -0.25) is 4.79 Å². The molecule has 2 aliphatic carbocycles. The number of nitrogens with zero attached hydrogens (tertiary/aromatic N) is 1. The number of aromatic nitrogens is 1. The number of halogens is 1. The number of ether oxygens (including phenoxy) is 2. The lowest BCUT2D eigenvalue weighted by Crippen LogP contribution is -2.31. The SMILES string of the molecule is CCOC(=O)c1cn(CC2=CC=CCC2)c(NC2=CC(Cl)C(OC(C)C)CC2)cc1=O. The average molecular weight is 447 g/mol. The van der Waals surface area contributed by atoms with E-state index in [9.17, 15) is 9.59 Å². The summed E-state index contributed by atoms with van der Waals surface area (Å²) >= 11 is 6.53. The fourth-order valence-electron chi connectivity index (χ4n) is 3.78. The minimum atomic E-state index is -0.600. The molecule has 2 atom stereocenters. The monoisotopic (exact) mass is 446 g/mol. The Morgan fingerprint density at radius 1 is 1.35 bits per heavy atom. The van der Waals surface area contributed by atoms with E-state index in [1.54, 1.807) is 13.1 Å². The van der Waals surface area contributed by atoms with Gasteiger partial charge in [-0.1, -0.05) is 23.8 Å². The molecule has 0 aliphatic heterocycles. The molecule has 0 amide bonds. The maximum absolute atomic E-state index is 12.6. The van der Waals surface area contributed by atoms with Crippen LogP contribution in [0.3, 0.4) is 0 Å². The van der Waals surface area contributed by atoms with Crippen LogP contribution in [0.4, 0.5) is 5.82 Å². The zero-order chi connectivity index (χ0) is 22.4. The first-order valence-corrected chi connectivity index (χ1v) is 11.3. The minimum absolute atomic E-state index is 0.0280. The van der Waals surface area contributed by atoms with Crippen molar-refractivity contribution in [3.8, 4) is 0 Å². The normalized spacial score (nSPS) is 20.9. The van der Waals surface area contributed by atoms with E-state index in [2.05, 4.69) is 17.5 Å². The van der Waals surface area contributed by atoms with Crippen molar-refractivity contribution in [3.63, 3.8) is 0 Å². The molecule has 1 aromatic heterocycles. The quantitative estimate of drug-likeness (QED) is 0.459. The van der Waals surface area contributed by atoms with Gasteiger partial charge in [0.1, 0.15) is 11.4 Å². The van der Waals surface area contributed by atoms with E-state index < -0.39 is 5.97 Å². The number of hydrogen-bond acceptors (Lipinski definition) is 5. The zero-order valence-corrected chi connectivity index (χ0v) is 19.2. The van der Waals surface area contributed by atoms with Crippen LogP contribution >= 0.6 is 11.6 Å². The lowest BCUT2D eigenvalue weighted by atomic mass is 10.0. The number of carbonyl (C=O) groups is 1. The first kappa shape index (κ1) is 23.4. The minimum Gasteiger partial charge on any atom is -0.462 e. The van der Waals surface area contributed by atoms with E-state index in [1.807, 2.05) is 30.6 Å². The van der Waals surface area contributed by atoms with Crippen LogP contribution in [0.25, 0.3) is 0 Å². The van der Waals surface area contributed by atoms with Crippen molar-refractivity contribution in [3.05, 3.63) is 63.6 Å². The van der Waals surface area contributed by atoms with E-state index in [0.717, 1.165) is 31.4 Å². The number of nitrogens with one attached hydrogen (secondary N) is 1. The molecule has 0 aromatic carbocycles. The van der Waals surface area contributed by atoms with Gasteiger partial charge in [0.25, 0.3) is 0 Å². The summed E-state index contributed by atoms with van der Waals surface area (Å²) in [4.78, 5) is 24.9. The largest absolute Gasteiger partial charge is 0.462 e. The van der Waals surface area contributed by atoms with Crippen LogP contribution in [0, 0.1) is 0 Å². The van der Waals surface area contributed by atoms with Gasteiger partial charge < -0.3 is 19.4 Å². The average Bonchev–Trinajstić information content (AvgIpc) is 2.72. The van der Waals surface area contributed by atoms with Crippen LogP contribution in [0.1, 0.15) is 56.8 Å². The van der Waals surface area contributed by atoms with Gasteiger partial charge in [-0.2, -0.15) is 0 Å². The fraction of sp³-hybridized carbons (Fsp3) is 0.500.